The summed E-state index contributed by atoms with van der Waals surface area (Å²) in [7, 11) is 0. The average molecular weight is 233 g/mol. The lowest BCUT2D eigenvalue weighted by atomic mass is 10.1. The molecular weight excluding hydrogens is 218 g/mol. The number of nitrogens with zero attached hydrogens (tertiary/aromatic N) is 1. The van der Waals surface area contributed by atoms with Crippen LogP contribution >= 0.6 is 0 Å². The van der Waals surface area contributed by atoms with Crippen LogP contribution in [-0.2, 0) is 0 Å². The molecule has 1 aromatic heterocycles. The second kappa shape index (κ2) is 4.26. The molecule has 1 nitrogen and oxygen atoms in total. The van der Waals surface area contributed by atoms with Crippen molar-refractivity contribution >= 4 is 10.9 Å². The van der Waals surface area contributed by atoms with Gasteiger partial charge in [0, 0.05) is 0 Å². The number of aryl methyl sites for hydroxylation is 2. The van der Waals surface area contributed by atoms with Gasteiger partial charge in [-0.3, -0.25) is 4.57 Å². The summed E-state index contributed by atoms with van der Waals surface area (Å²) >= 11 is 0. The predicted octanol–water partition coefficient (Wildman–Crippen LogP) is 3.53. The molecule has 0 saturated carbocycles. The Morgan fingerprint density at radius 2 is 1.72 bits per heavy atom. The van der Waals surface area contributed by atoms with Crippen molar-refractivity contribution in [2.75, 3.05) is 0 Å². The molecule has 18 heavy (non-hydrogen) atoms. The highest BCUT2D eigenvalue weighted by Gasteiger charge is 2.04. The van der Waals surface area contributed by atoms with E-state index in [2.05, 4.69) is 73.1 Å². The van der Waals surface area contributed by atoms with Crippen molar-refractivity contribution in [3.63, 3.8) is 0 Å². The summed E-state index contributed by atoms with van der Waals surface area (Å²) < 4.78 is 2.11. The van der Waals surface area contributed by atoms with Crippen LogP contribution < -0.4 is 4.57 Å². The van der Waals surface area contributed by atoms with Crippen LogP contribution in [-0.4, -0.2) is 0 Å². The summed E-state index contributed by atoms with van der Waals surface area (Å²) in [6.07, 6.45) is 3.29. The molecule has 0 atom stereocenters. The zero-order valence-electron chi connectivity index (χ0n) is 10.6. The second-order valence-corrected chi connectivity index (χ2v) is 4.63. The Kier molecular flexibility index (Phi) is 2.60. The van der Waals surface area contributed by atoms with Gasteiger partial charge in [-0.05, 0) is 43.0 Å². The predicted molar refractivity (Wildman–Crippen MR) is 73.8 cm³/mol. The molecule has 0 amide bonds. The summed E-state index contributed by atoms with van der Waals surface area (Å²) in [4.78, 5) is 0. The Morgan fingerprint density at radius 1 is 0.889 bits per heavy atom. The lowest BCUT2D eigenvalue weighted by Crippen LogP contribution is -2.31. The van der Waals surface area contributed by atoms with Crippen LogP contribution in [0.2, 0.25) is 0 Å². The van der Waals surface area contributed by atoms with Gasteiger partial charge in [-0.1, -0.05) is 35.9 Å². The van der Waals surface area contributed by atoms with Crippen LogP contribution in [0.3, 0.4) is 0 Å². The fourth-order valence-corrected chi connectivity index (χ4v) is 2.18. The van der Waals surface area contributed by atoms with Gasteiger partial charge in [0.1, 0.15) is 11.2 Å². The first-order valence-electron chi connectivity index (χ1n) is 6.15. The van der Waals surface area contributed by atoms with E-state index in [0.717, 1.165) is 5.69 Å². The van der Waals surface area contributed by atoms with Crippen LogP contribution in [0.1, 0.15) is 11.1 Å². The molecule has 0 aliphatic carbocycles. The lowest BCUT2D eigenvalue weighted by molar-refractivity contribution is -0.571. The molecule has 3 rings (SSSR count). The molecule has 0 spiro atoms. The monoisotopic (exact) mass is 233 g/mol. The molecule has 2 aromatic carbocycles. The Labute approximate surface area is 107 Å². The third-order valence-electron chi connectivity index (χ3n) is 3.39. The second-order valence-electron chi connectivity index (χ2n) is 4.63. The molecule has 0 fully saturated rings. The maximum absolute atomic E-state index is 3.29. The Morgan fingerprint density at radius 3 is 2.56 bits per heavy atom. The number of pyridine rings is 1. The Hall–Kier alpha value is -2.15. The fourth-order valence-electron chi connectivity index (χ4n) is 2.18. The van der Waals surface area contributed by atoms with Crippen molar-refractivity contribution in [2.45, 2.75) is 13.8 Å². The molecule has 3 aromatic rings. The lowest BCUT2D eigenvalue weighted by Gasteiger charge is -2.09. The molecule has 0 unspecified atom stereocenters. The smallest absolute Gasteiger partial charge is 0.152 e. The van der Waals surface area contributed by atoms with E-state index in [4.69, 9.17) is 0 Å². The van der Waals surface area contributed by atoms with Gasteiger partial charge in [0.15, 0.2) is 6.20 Å². The first-order chi connectivity index (χ1) is 8.75. The first kappa shape index (κ1) is 11.0. The van der Waals surface area contributed by atoms with Crippen molar-refractivity contribution in [1.82, 2.24) is 0 Å². The molecule has 0 saturated heterocycles. The molecule has 1 heteroatoms. The van der Waals surface area contributed by atoms with Crippen molar-refractivity contribution in [2.24, 2.45) is 0 Å². The number of benzene rings is 2. The van der Waals surface area contributed by atoms with E-state index in [-0.39, 0.29) is 0 Å². The van der Waals surface area contributed by atoms with Crippen LogP contribution in [0.15, 0.2) is 54.6 Å². The number of hydrogen-bond donors (Lipinski definition) is 0. The Balaban J connectivity index is 2.28. The quantitative estimate of drug-likeness (QED) is 0.447. The summed E-state index contributed by atoms with van der Waals surface area (Å²) in [5, 5.41) is 1.23. The Bertz CT molecular complexity index is 708. The molecule has 88 valence electrons. The molecule has 1 heterocycles. The fraction of sp³-hybridized carbons (Fsp3) is 0.118. The van der Waals surface area contributed by atoms with E-state index < -0.39 is 0 Å². The van der Waals surface area contributed by atoms with Crippen LogP contribution in [0.25, 0.3) is 16.6 Å². The highest BCUT2D eigenvalue weighted by atomic mass is 15.0. The first-order valence-corrected chi connectivity index (χ1v) is 6.15. The minimum absolute atomic E-state index is 1.16. The van der Waals surface area contributed by atoms with Gasteiger partial charge in [-0.25, -0.2) is 0 Å². The zero-order valence-corrected chi connectivity index (χ0v) is 10.6. The minimum atomic E-state index is 1.16. The molecule has 0 aliphatic heterocycles. The van der Waals surface area contributed by atoms with Crippen LogP contribution in [0.5, 0.6) is 0 Å². The van der Waals surface area contributed by atoms with Crippen molar-refractivity contribution in [3.8, 4) is 5.69 Å². The largest absolute Gasteiger partial charge is 0.278 e. The maximum Gasteiger partial charge on any atom is 0.152 e. The van der Waals surface area contributed by atoms with Gasteiger partial charge in [0.25, 0.3) is 0 Å². The zero-order chi connectivity index (χ0) is 12.5. The van der Waals surface area contributed by atoms with E-state index in [1.54, 1.807) is 0 Å². The van der Waals surface area contributed by atoms with Gasteiger partial charge < -0.3 is 0 Å². The molecular formula is C17H15N. The number of aromatic nitrogens is 1. The molecule has 0 bridgehead atoms. The van der Waals surface area contributed by atoms with Gasteiger partial charge >= 0.3 is 0 Å². The molecule has 0 radical (unpaired) electrons. The van der Waals surface area contributed by atoms with E-state index in [1.165, 1.54) is 22.0 Å². The van der Waals surface area contributed by atoms with E-state index in [1.807, 2.05) is 6.07 Å². The summed E-state index contributed by atoms with van der Waals surface area (Å²) in [5.41, 5.74) is 4.97. The number of rotatable bonds is 1. The van der Waals surface area contributed by atoms with E-state index in [9.17, 15) is 0 Å². The number of hydrogen-bond acceptors (Lipinski definition) is 0. The van der Waals surface area contributed by atoms with Gasteiger partial charge in [-0.2, -0.15) is 0 Å². The van der Waals surface area contributed by atoms with Gasteiger partial charge in [0.2, 0.25) is 0 Å². The SMILES string of the molecule is Cc1ccc(-[n+]2[c-]ccc3ccccc32)cc1C. The highest BCUT2D eigenvalue weighted by molar-refractivity contribution is 5.75. The third-order valence-corrected chi connectivity index (χ3v) is 3.39. The molecule has 0 N–H and O–H groups in total. The number of fused-ring (bicyclic) bond motifs is 1. The van der Waals surface area contributed by atoms with Crippen molar-refractivity contribution < 1.29 is 4.57 Å². The normalized spacial score (nSPS) is 10.8. The molecule has 0 aliphatic rings. The minimum Gasteiger partial charge on any atom is -0.278 e. The maximum atomic E-state index is 3.29. The van der Waals surface area contributed by atoms with Gasteiger partial charge in [-0.15, -0.1) is 6.07 Å². The van der Waals surface area contributed by atoms with Crippen LogP contribution in [0.4, 0.5) is 0 Å². The van der Waals surface area contributed by atoms with E-state index >= 15 is 0 Å². The van der Waals surface area contributed by atoms with E-state index in [0.29, 0.717) is 0 Å². The highest BCUT2D eigenvalue weighted by Crippen LogP contribution is 2.13. The summed E-state index contributed by atoms with van der Waals surface area (Å²) in [6, 6.07) is 18.9. The average Bonchev–Trinajstić information content (AvgIpc) is 2.41. The topological polar surface area (TPSA) is 3.88 Å². The van der Waals surface area contributed by atoms with Crippen molar-refractivity contribution in [1.29, 1.82) is 0 Å². The summed E-state index contributed by atoms with van der Waals surface area (Å²) in [6.45, 7) is 4.28. The third kappa shape index (κ3) is 1.78. The number of para-hydroxylation sites is 1. The summed E-state index contributed by atoms with van der Waals surface area (Å²) in [5.74, 6) is 0. The van der Waals surface area contributed by atoms with Crippen LogP contribution in [0, 0.1) is 20.0 Å². The van der Waals surface area contributed by atoms with Crippen molar-refractivity contribution in [3.05, 3.63) is 71.9 Å². The standard InChI is InChI=1S/C17H15N/c1-13-9-10-16(12-14(13)2)18-11-5-7-15-6-3-4-8-17(15)18/h3-10,12H,1-2H3. The van der Waals surface area contributed by atoms with Gasteiger partial charge in [0.05, 0.1) is 0 Å².